The molecule has 1 atom stereocenters. The van der Waals surface area contributed by atoms with Gasteiger partial charge in [0, 0.05) is 19.8 Å². The lowest BCUT2D eigenvalue weighted by atomic mass is 9.49. The standard InChI is InChI=1S/C21H30ClN3O/c1-24-13-17(22)19(23-24)18-5-3-2-4-6-25(18)20(26)21-10-14-7-15(11-21)9-16(8-14)12-21/h13-16,18H,2-12H2,1H3/t14?,15?,16?,18-,21?/m0/s1. The van der Waals surface area contributed by atoms with Crippen molar-refractivity contribution in [3.63, 3.8) is 0 Å². The predicted octanol–water partition coefficient (Wildman–Crippen LogP) is 4.73. The number of carbonyl (C=O) groups is 1. The van der Waals surface area contributed by atoms with E-state index in [4.69, 9.17) is 11.6 Å². The van der Waals surface area contributed by atoms with Crippen LogP contribution in [0.4, 0.5) is 0 Å². The molecule has 4 nitrogen and oxygen atoms in total. The van der Waals surface area contributed by atoms with Gasteiger partial charge >= 0.3 is 0 Å². The lowest BCUT2D eigenvalue weighted by Crippen LogP contribution is -2.55. The third-order valence-electron chi connectivity index (χ3n) is 7.63. The van der Waals surface area contributed by atoms with Crippen LogP contribution in [0.1, 0.15) is 75.9 Å². The van der Waals surface area contributed by atoms with Gasteiger partial charge < -0.3 is 4.90 Å². The molecule has 5 fully saturated rings. The van der Waals surface area contributed by atoms with Crippen LogP contribution in [-0.2, 0) is 11.8 Å². The van der Waals surface area contributed by atoms with Gasteiger partial charge in [-0.1, -0.05) is 24.4 Å². The average Bonchev–Trinajstić information content (AvgIpc) is 2.79. The molecule has 1 aliphatic heterocycles. The molecule has 4 aliphatic carbocycles. The molecular weight excluding hydrogens is 346 g/mol. The number of nitrogens with zero attached hydrogens (tertiary/aromatic N) is 3. The number of hydrogen-bond acceptors (Lipinski definition) is 2. The van der Waals surface area contributed by atoms with Gasteiger partial charge in [0.1, 0.15) is 5.69 Å². The van der Waals surface area contributed by atoms with Crippen molar-refractivity contribution in [2.75, 3.05) is 6.54 Å². The first-order chi connectivity index (χ1) is 12.5. The number of rotatable bonds is 2. The van der Waals surface area contributed by atoms with Gasteiger partial charge in [0.2, 0.25) is 5.91 Å². The molecule has 0 radical (unpaired) electrons. The van der Waals surface area contributed by atoms with Gasteiger partial charge in [-0.15, -0.1) is 0 Å². The average molecular weight is 376 g/mol. The Balaban J connectivity index is 1.48. The van der Waals surface area contributed by atoms with Crippen LogP contribution in [-0.4, -0.2) is 27.1 Å². The van der Waals surface area contributed by atoms with E-state index in [1.165, 1.54) is 25.7 Å². The van der Waals surface area contributed by atoms with Crippen LogP contribution in [0.15, 0.2) is 6.20 Å². The maximum absolute atomic E-state index is 14.0. The van der Waals surface area contributed by atoms with Crippen molar-refractivity contribution >= 4 is 17.5 Å². The Morgan fingerprint density at radius 2 is 1.77 bits per heavy atom. The molecule has 5 heteroatoms. The zero-order valence-corrected chi connectivity index (χ0v) is 16.5. The van der Waals surface area contributed by atoms with Gasteiger partial charge in [-0.3, -0.25) is 9.48 Å². The van der Waals surface area contributed by atoms with E-state index in [2.05, 4.69) is 10.00 Å². The third kappa shape index (κ3) is 2.71. The topological polar surface area (TPSA) is 38.1 Å². The van der Waals surface area contributed by atoms with E-state index in [9.17, 15) is 4.79 Å². The summed E-state index contributed by atoms with van der Waals surface area (Å²) in [6, 6.07) is 0.0618. The van der Waals surface area contributed by atoms with E-state index in [1.807, 2.05) is 13.2 Å². The summed E-state index contributed by atoms with van der Waals surface area (Å²) < 4.78 is 1.79. The first kappa shape index (κ1) is 17.1. The molecule has 6 rings (SSSR count). The van der Waals surface area contributed by atoms with Crippen molar-refractivity contribution < 1.29 is 4.79 Å². The highest BCUT2D eigenvalue weighted by atomic mass is 35.5. The fourth-order valence-corrected chi connectivity index (χ4v) is 7.32. The van der Waals surface area contributed by atoms with Gasteiger partial charge in [-0.2, -0.15) is 5.10 Å². The SMILES string of the molecule is Cn1cc(Cl)c([C@@H]2CCCCCN2C(=O)C23CC4CC(CC(C4)C2)C3)n1. The summed E-state index contributed by atoms with van der Waals surface area (Å²) in [5.74, 6) is 2.84. The van der Waals surface area contributed by atoms with Gasteiger partial charge in [0.15, 0.2) is 0 Å². The molecule has 0 spiro atoms. The molecule has 5 aliphatic rings. The van der Waals surface area contributed by atoms with E-state index in [0.29, 0.717) is 10.9 Å². The van der Waals surface area contributed by atoms with Crippen molar-refractivity contribution in [3.05, 3.63) is 16.9 Å². The number of amides is 1. The van der Waals surface area contributed by atoms with Crippen molar-refractivity contribution in [1.82, 2.24) is 14.7 Å². The fourth-order valence-electron chi connectivity index (χ4n) is 7.02. The number of aromatic nitrogens is 2. The molecule has 0 N–H and O–H groups in total. The highest BCUT2D eigenvalue weighted by Crippen LogP contribution is 2.61. The Bertz CT molecular complexity index is 677. The molecule has 1 amide bonds. The molecule has 4 bridgehead atoms. The molecule has 2 heterocycles. The van der Waals surface area contributed by atoms with Crippen LogP contribution < -0.4 is 0 Å². The fraction of sp³-hybridized carbons (Fsp3) is 0.810. The minimum atomic E-state index is -0.0708. The van der Waals surface area contributed by atoms with Gasteiger partial charge in [0.05, 0.1) is 16.5 Å². The molecule has 0 aromatic carbocycles. The third-order valence-corrected chi connectivity index (χ3v) is 7.92. The zero-order valence-electron chi connectivity index (χ0n) is 15.8. The van der Waals surface area contributed by atoms with E-state index in [-0.39, 0.29) is 11.5 Å². The molecule has 26 heavy (non-hydrogen) atoms. The van der Waals surface area contributed by atoms with Gasteiger partial charge in [0.25, 0.3) is 0 Å². The Hall–Kier alpha value is -1.03. The summed E-state index contributed by atoms with van der Waals surface area (Å²) in [6.07, 6.45) is 13.9. The van der Waals surface area contributed by atoms with Gasteiger partial charge in [-0.25, -0.2) is 0 Å². The summed E-state index contributed by atoms with van der Waals surface area (Å²) in [5, 5.41) is 5.36. The van der Waals surface area contributed by atoms with Crippen molar-refractivity contribution in [1.29, 1.82) is 0 Å². The van der Waals surface area contributed by atoms with E-state index in [1.54, 1.807) is 4.68 Å². The maximum Gasteiger partial charge on any atom is 0.229 e. The minimum Gasteiger partial charge on any atom is -0.333 e. The molecule has 0 unspecified atom stereocenters. The van der Waals surface area contributed by atoms with E-state index >= 15 is 0 Å². The lowest BCUT2D eigenvalue weighted by Gasteiger charge is -2.57. The van der Waals surface area contributed by atoms with Gasteiger partial charge in [-0.05, 0) is 69.1 Å². The van der Waals surface area contributed by atoms with E-state index < -0.39 is 0 Å². The van der Waals surface area contributed by atoms with Crippen molar-refractivity contribution in [3.8, 4) is 0 Å². The Labute approximate surface area is 161 Å². The number of hydrogen-bond donors (Lipinski definition) is 0. The quantitative estimate of drug-likeness (QED) is 0.749. The first-order valence-corrected chi connectivity index (χ1v) is 10.9. The first-order valence-electron chi connectivity index (χ1n) is 10.5. The summed E-state index contributed by atoms with van der Waals surface area (Å²) in [7, 11) is 1.91. The normalized spacial score (nSPS) is 39.2. The van der Waals surface area contributed by atoms with Crippen molar-refractivity contribution in [2.45, 2.75) is 70.3 Å². The van der Waals surface area contributed by atoms with Crippen LogP contribution in [0.5, 0.6) is 0 Å². The van der Waals surface area contributed by atoms with Crippen LogP contribution in [0.25, 0.3) is 0 Å². The monoisotopic (exact) mass is 375 g/mol. The second-order valence-electron chi connectivity index (χ2n) is 9.60. The largest absolute Gasteiger partial charge is 0.333 e. The van der Waals surface area contributed by atoms with Crippen LogP contribution in [0, 0.1) is 23.2 Å². The summed E-state index contributed by atoms with van der Waals surface area (Å²) in [4.78, 5) is 16.2. The molecular formula is C21H30ClN3O. The Morgan fingerprint density at radius 1 is 1.12 bits per heavy atom. The highest BCUT2D eigenvalue weighted by Gasteiger charge is 2.56. The lowest BCUT2D eigenvalue weighted by molar-refractivity contribution is -0.160. The molecule has 1 aromatic rings. The summed E-state index contributed by atoms with van der Waals surface area (Å²) in [5.41, 5.74) is 0.840. The molecule has 142 valence electrons. The zero-order chi connectivity index (χ0) is 17.9. The summed E-state index contributed by atoms with van der Waals surface area (Å²) >= 11 is 6.50. The molecule has 1 saturated heterocycles. The molecule has 4 saturated carbocycles. The van der Waals surface area contributed by atoms with E-state index in [0.717, 1.165) is 68.5 Å². The van der Waals surface area contributed by atoms with Crippen LogP contribution >= 0.6 is 11.6 Å². The minimum absolute atomic E-state index is 0.0618. The van der Waals surface area contributed by atoms with Crippen molar-refractivity contribution in [2.24, 2.45) is 30.2 Å². The number of halogens is 1. The number of aryl methyl sites for hydroxylation is 1. The Morgan fingerprint density at radius 3 is 2.35 bits per heavy atom. The number of carbonyl (C=O) groups excluding carboxylic acids is 1. The predicted molar refractivity (Wildman–Crippen MR) is 102 cm³/mol. The van der Waals surface area contributed by atoms with Crippen LogP contribution in [0.3, 0.4) is 0 Å². The molecule has 1 aromatic heterocycles. The summed E-state index contributed by atoms with van der Waals surface area (Å²) in [6.45, 7) is 0.873. The second-order valence-corrected chi connectivity index (χ2v) is 10.0. The Kier molecular flexibility index (Phi) is 4.11. The number of likely N-dealkylation sites (tertiary alicyclic amines) is 1. The highest BCUT2D eigenvalue weighted by molar-refractivity contribution is 6.31. The maximum atomic E-state index is 14.0. The van der Waals surface area contributed by atoms with Crippen LogP contribution in [0.2, 0.25) is 5.02 Å². The second kappa shape index (κ2) is 6.25. The smallest absolute Gasteiger partial charge is 0.229 e.